The number of nitriles is 1. The third-order valence-corrected chi connectivity index (χ3v) is 2.80. The van der Waals surface area contributed by atoms with Crippen LogP contribution < -0.4 is 10.6 Å². The Kier molecular flexibility index (Phi) is 2.97. The van der Waals surface area contributed by atoms with E-state index in [1.54, 1.807) is 0 Å². The van der Waals surface area contributed by atoms with Crippen LogP contribution in [-0.4, -0.2) is 22.8 Å². The number of ketones is 1. The molecule has 2 heterocycles. The van der Waals surface area contributed by atoms with Crippen molar-refractivity contribution in [3.05, 3.63) is 23.1 Å². The Bertz CT molecular complexity index is 641. The van der Waals surface area contributed by atoms with Gasteiger partial charge >= 0.3 is 6.18 Å². The van der Waals surface area contributed by atoms with Crippen molar-refractivity contribution in [2.24, 2.45) is 0 Å². The molecule has 20 heavy (non-hydrogen) atoms. The second-order valence-corrected chi connectivity index (χ2v) is 4.26. The van der Waals surface area contributed by atoms with Crippen LogP contribution in [0.2, 0.25) is 0 Å². The van der Waals surface area contributed by atoms with E-state index in [1.165, 1.54) is 26.0 Å². The highest BCUT2D eigenvalue weighted by Gasteiger charge is 2.65. The Labute approximate surface area is 111 Å². The van der Waals surface area contributed by atoms with Crippen molar-refractivity contribution in [3.63, 3.8) is 0 Å². The highest BCUT2D eigenvalue weighted by Crippen LogP contribution is 2.38. The summed E-state index contributed by atoms with van der Waals surface area (Å²) in [7, 11) is 0. The van der Waals surface area contributed by atoms with E-state index < -0.39 is 23.2 Å². The Morgan fingerprint density at radius 2 is 2.15 bits per heavy atom. The first-order chi connectivity index (χ1) is 9.21. The van der Waals surface area contributed by atoms with Crippen LogP contribution in [0.4, 0.5) is 19.0 Å². The number of nitrogens with zero attached hydrogens (tertiary/aromatic N) is 2. The van der Waals surface area contributed by atoms with Crippen molar-refractivity contribution in [3.8, 4) is 6.07 Å². The lowest BCUT2D eigenvalue weighted by atomic mass is 10.0. The SMILES string of the molecule is CC1=C(C#N)C(=O)[C@](Nc2cc(C)on2)(C(F)(F)F)N1. The molecule has 0 spiro atoms. The van der Waals surface area contributed by atoms with E-state index in [0.29, 0.717) is 0 Å². The molecule has 0 saturated carbocycles. The predicted molar refractivity (Wildman–Crippen MR) is 60.1 cm³/mol. The van der Waals surface area contributed by atoms with E-state index in [9.17, 15) is 18.0 Å². The van der Waals surface area contributed by atoms with Crippen LogP contribution in [0.15, 0.2) is 21.9 Å². The van der Waals surface area contributed by atoms with Gasteiger partial charge in [-0.25, -0.2) is 0 Å². The third kappa shape index (κ3) is 1.89. The standard InChI is InChI=1S/C11H9F3N4O2/c1-5-3-8(18-20-5)17-10(11(12,13)14)9(19)7(4-15)6(2)16-10/h3,16H,1-2H3,(H,17,18)/t10-/m0/s1. The van der Waals surface area contributed by atoms with Gasteiger partial charge in [0, 0.05) is 11.8 Å². The fraction of sp³-hybridized carbons (Fsp3) is 0.364. The summed E-state index contributed by atoms with van der Waals surface area (Å²) in [5.41, 5.74) is -3.83. The van der Waals surface area contributed by atoms with E-state index in [4.69, 9.17) is 5.26 Å². The Balaban J connectivity index is 2.46. The van der Waals surface area contributed by atoms with E-state index in [0.717, 1.165) is 0 Å². The number of carbonyl (C=O) groups excluding carboxylic acids is 1. The molecular weight excluding hydrogens is 277 g/mol. The zero-order valence-electron chi connectivity index (χ0n) is 10.4. The summed E-state index contributed by atoms with van der Waals surface area (Å²) in [6, 6.07) is 2.68. The monoisotopic (exact) mass is 286 g/mol. The molecule has 0 bridgehead atoms. The van der Waals surface area contributed by atoms with Crippen molar-refractivity contribution < 1.29 is 22.5 Å². The fourth-order valence-electron chi connectivity index (χ4n) is 1.87. The first-order valence-corrected chi connectivity index (χ1v) is 5.43. The molecule has 0 fully saturated rings. The smallest absolute Gasteiger partial charge is 0.360 e. The number of aryl methyl sites for hydroxylation is 1. The minimum Gasteiger partial charge on any atom is -0.360 e. The van der Waals surface area contributed by atoms with Crippen LogP contribution in [0, 0.1) is 18.3 Å². The molecule has 9 heteroatoms. The van der Waals surface area contributed by atoms with Gasteiger partial charge < -0.3 is 15.2 Å². The van der Waals surface area contributed by atoms with Gasteiger partial charge in [-0.2, -0.15) is 18.4 Å². The third-order valence-electron chi connectivity index (χ3n) is 2.80. The second-order valence-electron chi connectivity index (χ2n) is 4.26. The first kappa shape index (κ1) is 13.9. The number of nitrogens with one attached hydrogen (secondary N) is 2. The largest absolute Gasteiger partial charge is 0.438 e. The number of hydrogen-bond donors (Lipinski definition) is 2. The Hall–Kier alpha value is -2.50. The molecule has 6 nitrogen and oxygen atoms in total. The summed E-state index contributed by atoms with van der Waals surface area (Å²) < 4.78 is 44.6. The number of rotatable bonds is 2. The minimum atomic E-state index is -4.98. The molecule has 2 rings (SSSR count). The molecule has 0 amide bonds. The zero-order chi connectivity index (χ0) is 15.1. The topological polar surface area (TPSA) is 91.0 Å². The van der Waals surface area contributed by atoms with Crippen LogP contribution in [0.25, 0.3) is 0 Å². The van der Waals surface area contributed by atoms with Gasteiger partial charge in [-0.05, 0) is 13.8 Å². The number of aromatic nitrogens is 1. The molecule has 1 aliphatic heterocycles. The van der Waals surface area contributed by atoms with Crippen LogP contribution in [0.3, 0.4) is 0 Å². The zero-order valence-corrected chi connectivity index (χ0v) is 10.4. The van der Waals surface area contributed by atoms with Gasteiger partial charge in [0.25, 0.3) is 5.66 Å². The van der Waals surface area contributed by atoms with Gasteiger partial charge in [-0.3, -0.25) is 4.79 Å². The molecule has 0 saturated heterocycles. The highest BCUT2D eigenvalue weighted by molar-refractivity contribution is 6.10. The van der Waals surface area contributed by atoms with Crippen molar-refractivity contribution in [2.75, 3.05) is 5.32 Å². The molecular formula is C11H9F3N4O2. The number of alkyl halides is 3. The molecule has 1 atom stereocenters. The van der Waals surface area contributed by atoms with E-state index in [-0.39, 0.29) is 17.3 Å². The quantitative estimate of drug-likeness (QED) is 0.858. The Morgan fingerprint density at radius 1 is 1.50 bits per heavy atom. The summed E-state index contributed by atoms with van der Waals surface area (Å²) in [6.07, 6.45) is -4.98. The van der Waals surface area contributed by atoms with E-state index >= 15 is 0 Å². The maximum atomic E-state index is 13.3. The second kappa shape index (κ2) is 4.26. The molecule has 1 aromatic rings. The molecule has 0 radical (unpaired) electrons. The van der Waals surface area contributed by atoms with E-state index in [2.05, 4.69) is 9.68 Å². The summed E-state index contributed by atoms with van der Waals surface area (Å²) in [5, 5.41) is 16.1. The van der Waals surface area contributed by atoms with Crippen molar-refractivity contribution in [1.29, 1.82) is 5.26 Å². The van der Waals surface area contributed by atoms with Gasteiger partial charge in [0.15, 0.2) is 5.82 Å². The summed E-state index contributed by atoms with van der Waals surface area (Å²) in [6.45, 7) is 2.71. The highest BCUT2D eigenvalue weighted by atomic mass is 19.4. The van der Waals surface area contributed by atoms with Crippen LogP contribution in [0.1, 0.15) is 12.7 Å². The summed E-state index contributed by atoms with van der Waals surface area (Å²) in [4.78, 5) is 11.9. The van der Waals surface area contributed by atoms with Crippen LogP contribution in [0.5, 0.6) is 0 Å². The minimum absolute atomic E-state index is 0.150. The maximum absolute atomic E-state index is 13.3. The number of anilines is 1. The number of halogens is 3. The number of carbonyl (C=O) groups is 1. The average molecular weight is 286 g/mol. The molecule has 106 valence electrons. The fourth-order valence-corrected chi connectivity index (χ4v) is 1.87. The molecule has 1 aromatic heterocycles. The van der Waals surface area contributed by atoms with Crippen LogP contribution >= 0.6 is 0 Å². The van der Waals surface area contributed by atoms with Gasteiger partial charge in [-0.15, -0.1) is 0 Å². The number of Topliss-reactive ketones (excluding diaryl/α,β-unsaturated/α-hetero) is 1. The van der Waals surface area contributed by atoms with Crippen molar-refractivity contribution in [2.45, 2.75) is 25.7 Å². The maximum Gasteiger partial charge on any atom is 0.438 e. The lowest BCUT2D eigenvalue weighted by Gasteiger charge is -2.31. The van der Waals surface area contributed by atoms with Crippen LogP contribution in [-0.2, 0) is 4.79 Å². The van der Waals surface area contributed by atoms with Gasteiger partial charge in [0.1, 0.15) is 17.4 Å². The average Bonchev–Trinajstić information content (AvgIpc) is 2.82. The molecule has 0 aromatic carbocycles. The molecule has 0 unspecified atom stereocenters. The normalized spacial score (nSPS) is 22.7. The summed E-state index contributed by atoms with van der Waals surface area (Å²) in [5.74, 6) is -1.38. The lowest BCUT2D eigenvalue weighted by Crippen LogP contribution is -2.64. The number of hydrogen-bond acceptors (Lipinski definition) is 6. The van der Waals surface area contributed by atoms with E-state index in [1.807, 2.05) is 10.6 Å². The van der Waals surface area contributed by atoms with Crippen molar-refractivity contribution in [1.82, 2.24) is 10.5 Å². The lowest BCUT2D eigenvalue weighted by molar-refractivity contribution is -0.185. The van der Waals surface area contributed by atoms with Crippen molar-refractivity contribution >= 4 is 11.6 Å². The molecule has 0 aliphatic carbocycles. The predicted octanol–water partition coefficient (Wildman–Crippen LogP) is 1.62. The summed E-state index contributed by atoms with van der Waals surface area (Å²) >= 11 is 0. The van der Waals surface area contributed by atoms with Gasteiger partial charge in [-0.1, -0.05) is 5.16 Å². The molecule has 1 aliphatic rings. The number of allylic oxidation sites excluding steroid dienone is 1. The van der Waals surface area contributed by atoms with Gasteiger partial charge in [0.05, 0.1) is 0 Å². The molecule has 2 N–H and O–H groups in total. The first-order valence-electron chi connectivity index (χ1n) is 5.43. The Morgan fingerprint density at radius 3 is 2.55 bits per heavy atom. The van der Waals surface area contributed by atoms with Gasteiger partial charge in [0.2, 0.25) is 5.78 Å².